The van der Waals surface area contributed by atoms with Crippen molar-refractivity contribution in [2.45, 2.75) is 0 Å². The number of nitrogens with zero attached hydrogens (tertiary/aromatic N) is 3. The van der Waals surface area contributed by atoms with E-state index in [-0.39, 0.29) is 0 Å². The lowest BCUT2D eigenvalue weighted by Crippen LogP contribution is -1.99. The number of rotatable bonds is 2. The second kappa shape index (κ2) is 5.72. The summed E-state index contributed by atoms with van der Waals surface area (Å²) in [6.07, 6.45) is 1.79. The molecule has 1 N–H and O–H groups in total. The summed E-state index contributed by atoms with van der Waals surface area (Å²) >= 11 is 8.91. The Bertz CT molecular complexity index is 1040. The number of pyridine rings is 1. The lowest BCUT2D eigenvalue weighted by Gasteiger charge is -2.10. The van der Waals surface area contributed by atoms with E-state index >= 15 is 0 Å². The summed E-state index contributed by atoms with van der Waals surface area (Å²) in [7, 11) is 0. The molecule has 0 saturated heterocycles. The van der Waals surface area contributed by atoms with E-state index in [0.717, 1.165) is 32.5 Å². The molecule has 0 aliphatic rings. The lowest BCUT2D eigenvalue weighted by molar-refractivity contribution is 1.04. The molecule has 0 aliphatic carbocycles. The summed E-state index contributed by atoms with van der Waals surface area (Å²) < 4.78 is 3.53. The minimum Gasteiger partial charge on any atom is -0.267 e. The van der Waals surface area contributed by atoms with Crippen LogP contribution in [0.1, 0.15) is 0 Å². The molecule has 0 radical (unpaired) electrons. The summed E-state index contributed by atoms with van der Waals surface area (Å²) in [5.41, 5.74) is 2.88. The molecule has 112 valence electrons. The highest BCUT2D eigenvalue weighted by Crippen LogP contribution is 2.27. The summed E-state index contributed by atoms with van der Waals surface area (Å²) in [4.78, 5) is 4.41. The summed E-state index contributed by atoms with van der Waals surface area (Å²) in [6.45, 7) is 0. The van der Waals surface area contributed by atoms with Gasteiger partial charge in [0.2, 0.25) is 0 Å². The van der Waals surface area contributed by atoms with E-state index < -0.39 is 0 Å². The van der Waals surface area contributed by atoms with Crippen LogP contribution < -0.4 is 0 Å². The third-order valence-corrected chi connectivity index (χ3v) is 4.44. The fourth-order valence-electron chi connectivity index (χ4n) is 2.60. The van der Waals surface area contributed by atoms with Crippen molar-refractivity contribution in [3.8, 4) is 17.1 Å². The van der Waals surface area contributed by atoms with Gasteiger partial charge in [0.05, 0.1) is 11.2 Å². The molecule has 0 fully saturated rings. The molecule has 2 aromatic carbocycles. The number of aromatic nitrogens is 4. The zero-order chi connectivity index (χ0) is 15.8. The standard InChI is InChI=1S/C17H11BrN4S/c18-12-8-6-11(7-9-12)16-20-21-17(23)22(16)15-5-1-4-14-13(15)3-2-10-19-14/h1-10H,(H,21,23). The van der Waals surface area contributed by atoms with E-state index in [1.54, 1.807) is 6.20 Å². The van der Waals surface area contributed by atoms with E-state index in [1.165, 1.54) is 0 Å². The van der Waals surface area contributed by atoms with Crippen molar-refractivity contribution in [3.63, 3.8) is 0 Å². The van der Waals surface area contributed by atoms with Gasteiger partial charge >= 0.3 is 0 Å². The van der Waals surface area contributed by atoms with Crippen LogP contribution in [0.5, 0.6) is 0 Å². The monoisotopic (exact) mass is 382 g/mol. The molecule has 2 heterocycles. The topological polar surface area (TPSA) is 46.5 Å². The highest BCUT2D eigenvalue weighted by atomic mass is 79.9. The Hall–Kier alpha value is -2.31. The van der Waals surface area contributed by atoms with Crippen LogP contribution >= 0.6 is 28.1 Å². The minimum atomic E-state index is 0.555. The second-order valence-electron chi connectivity index (χ2n) is 5.04. The van der Waals surface area contributed by atoms with Crippen molar-refractivity contribution in [2.75, 3.05) is 0 Å². The van der Waals surface area contributed by atoms with E-state index in [0.29, 0.717) is 4.77 Å². The Kier molecular flexibility index (Phi) is 3.55. The van der Waals surface area contributed by atoms with Gasteiger partial charge in [-0.1, -0.05) is 34.1 Å². The van der Waals surface area contributed by atoms with Crippen LogP contribution in [0.2, 0.25) is 0 Å². The fraction of sp³-hybridized carbons (Fsp3) is 0. The second-order valence-corrected chi connectivity index (χ2v) is 6.34. The molecular weight excluding hydrogens is 372 g/mol. The molecule has 0 unspecified atom stereocenters. The molecule has 23 heavy (non-hydrogen) atoms. The van der Waals surface area contributed by atoms with Crippen molar-refractivity contribution in [1.29, 1.82) is 0 Å². The number of H-pyrrole nitrogens is 1. The summed E-state index contributed by atoms with van der Waals surface area (Å²) in [6, 6.07) is 17.9. The zero-order valence-corrected chi connectivity index (χ0v) is 14.3. The lowest BCUT2D eigenvalue weighted by atomic mass is 10.1. The average Bonchev–Trinajstić information content (AvgIpc) is 2.96. The first-order valence-corrected chi connectivity index (χ1v) is 8.21. The summed E-state index contributed by atoms with van der Waals surface area (Å²) in [5, 5.41) is 8.34. The normalized spacial score (nSPS) is 11.0. The number of fused-ring (bicyclic) bond motifs is 1. The van der Waals surface area contributed by atoms with Gasteiger partial charge in [-0.25, -0.2) is 0 Å². The van der Waals surface area contributed by atoms with E-state index in [9.17, 15) is 0 Å². The van der Waals surface area contributed by atoms with Gasteiger partial charge in [0, 0.05) is 21.6 Å². The van der Waals surface area contributed by atoms with Gasteiger partial charge in [0.25, 0.3) is 0 Å². The Morgan fingerprint density at radius 3 is 2.65 bits per heavy atom. The molecule has 0 atom stereocenters. The predicted molar refractivity (Wildman–Crippen MR) is 97.2 cm³/mol. The van der Waals surface area contributed by atoms with Crippen molar-refractivity contribution in [3.05, 3.63) is 70.0 Å². The first-order valence-electron chi connectivity index (χ1n) is 7.01. The van der Waals surface area contributed by atoms with Crippen molar-refractivity contribution >= 4 is 39.1 Å². The van der Waals surface area contributed by atoms with Gasteiger partial charge in [-0.05, 0) is 48.6 Å². The maximum absolute atomic E-state index is 5.46. The number of hydrogen-bond acceptors (Lipinski definition) is 3. The molecule has 0 bridgehead atoms. The molecule has 4 nitrogen and oxygen atoms in total. The SMILES string of the molecule is S=c1[nH]nc(-c2ccc(Br)cc2)n1-c1cccc2ncccc12. The third-order valence-electron chi connectivity index (χ3n) is 3.64. The molecule has 0 amide bonds. The van der Waals surface area contributed by atoms with E-state index in [1.807, 2.05) is 59.2 Å². The first-order chi connectivity index (χ1) is 11.2. The zero-order valence-electron chi connectivity index (χ0n) is 11.9. The van der Waals surface area contributed by atoms with Crippen LogP contribution in [0.3, 0.4) is 0 Å². The van der Waals surface area contributed by atoms with Crippen LogP contribution in [0.4, 0.5) is 0 Å². The van der Waals surface area contributed by atoms with Gasteiger partial charge in [-0.3, -0.25) is 14.6 Å². The minimum absolute atomic E-state index is 0.555. The quantitative estimate of drug-likeness (QED) is 0.501. The molecular formula is C17H11BrN4S. The van der Waals surface area contributed by atoms with E-state index in [2.05, 4.69) is 31.1 Å². The maximum Gasteiger partial charge on any atom is 0.200 e. The van der Waals surface area contributed by atoms with Crippen LogP contribution in [0.25, 0.3) is 28.0 Å². The van der Waals surface area contributed by atoms with Crippen LogP contribution in [-0.2, 0) is 0 Å². The molecule has 0 saturated carbocycles. The average molecular weight is 383 g/mol. The molecule has 6 heteroatoms. The van der Waals surface area contributed by atoms with Gasteiger partial charge in [-0.2, -0.15) is 5.10 Å². The molecule has 4 aromatic rings. The first kappa shape index (κ1) is 14.3. The highest BCUT2D eigenvalue weighted by Gasteiger charge is 2.13. The molecule has 0 spiro atoms. The van der Waals surface area contributed by atoms with Crippen molar-refractivity contribution < 1.29 is 0 Å². The van der Waals surface area contributed by atoms with Gasteiger partial charge in [-0.15, -0.1) is 0 Å². The largest absolute Gasteiger partial charge is 0.267 e. The van der Waals surface area contributed by atoms with E-state index in [4.69, 9.17) is 12.2 Å². The van der Waals surface area contributed by atoms with Gasteiger partial charge in [0.15, 0.2) is 10.6 Å². The van der Waals surface area contributed by atoms with Crippen LogP contribution in [0, 0.1) is 4.77 Å². The third kappa shape index (κ3) is 2.50. The van der Waals surface area contributed by atoms with Crippen LogP contribution in [0.15, 0.2) is 65.3 Å². The number of hydrogen-bond donors (Lipinski definition) is 1. The number of benzene rings is 2. The van der Waals surface area contributed by atoms with Crippen molar-refractivity contribution in [1.82, 2.24) is 19.7 Å². The Morgan fingerprint density at radius 2 is 1.83 bits per heavy atom. The molecule has 4 rings (SSSR count). The number of halogens is 1. The Labute approximate surface area is 146 Å². The summed E-state index contributed by atoms with van der Waals surface area (Å²) in [5.74, 6) is 0.777. The highest BCUT2D eigenvalue weighted by molar-refractivity contribution is 9.10. The predicted octanol–water partition coefficient (Wildman–Crippen LogP) is 4.91. The number of aromatic amines is 1. The van der Waals surface area contributed by atoms with Gasteiger partial charge < -0.3 is 0 Å². The molecule has 2 aromatic heterocycles. The Morgan fingerprint density at radius 1 is 1.00 bits per heavy atom. The molecule has 0 aliphatic heterocycles. The fourth-order valence-corrected chi connectivity index (χ4v) is 3.09. The van der Waals surface area contributed by atoms with Crippen molar-refractivity contribution in [2.24, 2.45) is 0 Å². The smallest absolute Gasteiger partial charge is 0.200 e. The van der Waals surface area contributed by atoms with Crippen LogP contribution in [-0.4, -0.2) is 19.7 Å². The Balaban J connectivity index is 2.01. The maximum atomic E-state index is 5.46. The number of nitrogens with one attached hydrogen (secondary N) is 1. The van der Waals surface area contributed by atoms with Gasteiger partial charge in [0.1, 0.15) is 0 Å².